The molecule has 2 aromatic rings. The third kappa shape index (κ3) is 2.19. The average molecular weight is 266 g/mol. The highest BCUT2D eigenvalue weighted by molar-refractivity contribution is 7.11. The fraction of sp³-hybridized carbons (Fsp3) is 0.167. The molecule has 1 amide bonds. The molecule has 1 N–H and O–H groups in total. The predicted octanol–water partition coefficient (Wildman–Crippen LogP) is 2.15. The van der Waals surface area contributed by atoms with Crippen LogP contribution in [0.1, 0.15) is 15.4 Å². The van der Waals surface area contributed by atoms with Crippen molar-refractivity contribution in [2.75, 3.05) is 5.32 Å². The number of nitrogens with one attached hydrogen (secondary N) is 1. The normalized spacial score (nSPS) is 10.4. The number of carbonyl (C=O) groups excluding carboxylic acids is 1. The van der Waals surface area contributed by atoms with Crippen molar-refractivity contribution in [3.63, 3.8) is 0 Å². The van der Waals surface area contributed by atoms with E-state index in [-0.39, 0.29) is 10.6 Å². The van der Waals surface area contributed by atoms with Crippen LogP contribution in [0.2, 0.25) is 0 Å². The maximum atomic E-state index is 13.4. The van der Waals surface area contributed by atoms with Crippen molar-refractivity contribution in [1.29, 1.82) is 0 Å². The topological polar surface area (TPSA) is 51.1 Å². The lowest BCUT2D eigenvalue weighted by Crippen LogP contribution is -2.13. The van der Waals surface area contributed by atoms with E-state index < -0.39 is 11.7 Å². The molecule has 1 aromatic heterocycles. The van der Waals surface area contributed by atoms with Crippen LogP contribution in [0.5, 0.6) is 0 Å². The molecule has 94 valence electrons. The number of anilines is 1. The van der Waals surface area contributed by atoms with Gasteiger partial charge in [0.15, 0.2) is 0 Å². The number of nitrogens with zero attached hydrogens (tertiary/aromatic N) is 1. The molecular weight excluding hydrogens is 255 g/mol. The van der Waals surface area contributed by atoms with Gasteiger partial charge in [0.2, 0.25) is 0 Å². The first-order chi connectivity index (χ1) is 8.50. The van der Waals surface area contributed by atoms with Gasteiger partial charge >= 0.3 is 4.87 Å². The summed E-state index contributed by atoms with van der Waals surface area (Å²) in [6, 6.07) is 5.89. The van der Waals surface area contributed by atoms with E-state index in [1.807, 2.05) is 0 Å². The van der Waals surface area contributed by atoms with Crippen LogP contribution in [-0.2, 0) is 7.05 Å². The molecule has 4 nitrogen and oxygen atoms in total. The van der Waals surface area contributed by atoms with E-state index in [0.29, 0.717) is 10.6 Å². The van der Waals surface area contributed by atoms with E-state index in [4.69, 9.17) is 0 Å². The first-order valence-corrected chi connectivity index (χ1v) is 6.04. The molecule has 0 unspecified atom stereocenters. The zero-order valence-corrected chi connectivity index (χ0v) is 10.7. The minimum absolute atomic E-state index is 0.102. The van der Waals surface area contributed by atoms with Gasteiger partial charge in [0, 0.05) is 12.7 Å². The van der Waals surface area contributed by atoms with E-state index in [1.54, 1.807) is 20.0 Å². The molecule has 1 heterocycles. The molecule has 0 spiro atoms. The summed E-state index contributed by atoms with van der Waals surface area (Å²) >= 11 is 0.847. The summed E-state index contributed by atoms with van der Waals surface area (Å²) in [6.45, 7) is 1.67. The van der Waals surface area contributed by atoms with E-state index >= 15 is 0 Å². The fourth-order valence-corrected chi connectivity index (χ4v) is 2.35. The van der Waals surface area contributed by atoms with Gasteiger partial charge in [0.1, 0.15) is 10.7 Å². The lowest BCUT2D eigenvalue weighted by Gasteiger charge is -2.05. The zero-order chi connectivity index (χ0) is 13.3. The van der Waals surface area contributed by atoms with Gasteiger partial charge in [0.05, 0.1) is 5.69 Å². The maximum absolute atomic E-state index is 13.4. The molecule has 0 aliphatic rings. The summed E-state index contributed by atoms with van der Waals surface area (Å²) in [5, 5.41) is 2.45. The van der Waals surface area contributed by atoms with E-state index in [9.17, 15) is 14.0 Å². The first kappa shape index (κ1) is 12.5. The number of para-hydroxylation sites is 1. The van der Waals surface area contributed by atoms with Crippen molar-refractivity contribution in [2.45, 2.75) is 6.92 Å². The Morgan fingerprint density at radius 2 is 2.06 bits per heavy atom. The Kier molecular flexibility index (Phi) is 3.29. The largest absolute Gasteiger partial charge is 0.319 e. The third-order valence-electron chi connectivity index (χ3n) is 2.62. The zero-order valence-electron chi connectivity index (χ0n) is 9.86. The van der Waals surface area contributed by atoms with Crippen molar-refractivity contribution in [2.24, 2.45) is 7.05 Å². The number of rotatable bonds is 2. The summed E-state index contributed by atoms with van der Waals surface area (Å²) in [7, 11) is 1.59. The molecular formula is C12H11FN2O2S. The van der Waals surface area contributed by atoms with Crippen LogP contribution in [0.3, 0.4) is 0 Å². The SMILES string of the molecule is Cc1c(C(=O)Nc2ccccc2F)sc(=O)n1C. The third-order valence-corrected chi connectivity index (χ3v) is 3.76. The summed E-state index contributed by atoms with van der Waals surface area (Å²) < 4.78 is 14.8. The molecule has 0 saturated heterocycles. The second-order valence-corrected chi connectivity index (χ2v) is 4.74. The minimum atomic E-state index is -0.508. The maximum Gasteiger partial charge on any atom is 0.307 e. The molecule has 2 rings (SSSR count). The standard InChI is InChI=1S/C12H11FN2O2S/c1-7-10(18-12(17)15(7)2)11(16)14-9-6-4-3-5-8(9)13/h3-6H,1-2H3,(H,14,16). The second kappa shape index (κ2) is 4.73. The molecule has 0 fully saturated rings. The van der Waals surface area contributed by atoms with Crippen LogP contribution in [-0.4, -0.2) is 10.5 Å². The quantitative estimate of drug-likeness (QED) is 0.905. The van der Waals surface area contributed by atoms with Gasteiger partial charge in [-0.05, 0) is 19.1 Å². The summed E-state index contributed by atoms with van der Waals surface area (Å²) in [5.41, 5.74) is 0.671. The van der Waals surface area contributed by atoms with E-state index in [2.05, 4.69) is 5.32 Å². The second-order valence-electron chi connectivity index (χ2n) is 3.78. The smallest absolute Gasteiger partial charge is 0.307 e. The molecule has 0 saturated carbocycles. The number of hydrogen-bond acceptors (Lipinski definition) is 3. The molecule has 0 bridgehead atoms. The monoisotopic (exact) mass is 266 g/mol. The highest BCUT2D eigenvalue weighted by atomic mass is 32.1. The number of carbonyl (C=O) groups is 1. The van der Waals surface area contributed by atoms with Crippen LogP contribution in [0.4, 0.5) is 10.1 Å². The van der Waals surface area contributed by atoms with Crippen molar-refractivity contribution < 1.29 is 9.18 Å². The average Bonchev–Trinajstić information content (AvgIpc) is 2.60. The molecule has 1 aromatic carbocycles. The Balaban J connectivity index is 2.31. The Morgan fingerprint density at radius 1 is 1.39 bits per heavy atom. The predicted molar refractivity (Wildman–Crippen MR) is 68.7 cm³/mol. The molecule has 0 aliphatic heterocycles. The van der Waals surface area contributed by atoms with Crippen molar-refractivity contribution in [3.8, 4) is 0 Å². The van der Waals surface area contributed by atoms with E-state index in [1.165, 1.54) is 22.8 Å². The van der Waals surface area contributed by atoms with Gasteiger partial charge in [-0.2, -0.15) is 0 Å². The fourth-order valence-electron chi connectivity index (χ4n) is 1.47. The molecule has 0 radical (unpaired) electrons. The van der Waals surface area contributed by atoms with Gasteiger partial charge < -0.3 is 9.88 Å². The number of aromatic nitrogens is 1. The molecule has 18 heavy (non-hydrogen) atoms. The number of halogens is 1. The first-order valence-electron chi connectivity index (χ1n) is 5.23. The number of hydrogen-bond donors (Lipinski definition) is 1. The van der Waals surface area contributed by atoms with Crippen LogP contribution >= 0.6 is 11.3 Å². The van der Waals surface area contributed by atoms with Crippen LogP contribution < -0.4 is 10.2 Å². The minimum Gasteiger partial charge on any atom is -0.319 e. The van der Waals surface area contributed by atoms with Gasteiger partial charge in [0.25, 0.3) is 5.91 Å². The lowest BCUT2D eigenvalue weighted by atomic mass is 10.3. The van der Waals surface area contributed by atoms with Gasteiger partial charge in [-0.1, -0.05) is 23.5 Å². The summed E-state index contributed by atoms with van der Waals surface area (Å²) in [4.78, 5) is 23.4. The van der Waals surface area contributed by atoms with Gasteiger partial charge in [-0.15, -0.1) is 0 Å². The Labute approximate surface area is 107 Å². The lowest BCUT2D eigenvalue weighted by molar-refractivity contribution is 0.102. The Morgan fingerprint density at radius 3 is 2.61 bits per heavy atom. The van der Waals surface area contributed by atoms with Crippen LogP contribution in [0.25, 0.3) is 0 Å². The van der Waals surface area contributed by atoms with Gasteiger partial charge in [-0.25, -0.2) is 4.39 Å². The van der Waals surface area contributed by atoms with Crippen LogP contribution in [0.15, 0.2) is 29.1 Å². The highest BCUT2D eigenvalue weighted by Crippen LogP contribution is 2.16. The molecule has 0 atom stereocenters. The number of thiazole rings is 1. The molecule has 0 aliphatic carbocycles. The van der Waals surface area contributed by atoms with Crippen molar-refractivity contribution in [3.05, 3.63) is 50.3 Å². The Bertz CT molecular complexity index is 660. The molecule has 6 heteroatoms. The van der Waals surface area contributed by atoms with Gasteiger partial charge in [-0.3, -0.25) is 9.59 Å². The number of amides is 1. The number of benzene rings is 1. The van der Waals surface area contributed by atoms with Crippen molar-refractivity contribution >= 4 is 22.9 Å². The summed E-state index contributed by atoms with van der Waals surface area (Å²) in [5.74, 6) is -0.980. The van der Waals surface area contributed by atoms with E-state index in [0.717, 1.165) is 11.3 Å². The van der Waals surface area contributed by atoms with Crippen molar-refractivity contribution in [1.82, 2.24) is 4.57 Å². The van der Waals surface area contributed by atoms with Crippen LogP contribution in [0, 0.1) is 12.7 Å². The highest BCUT2D eigenvalue weighted by Gasteiger charge is 2.16. The summed E-state index contributed by atoms with van der Waals surface area (Å²) in [6.07, 6.45) is 0. The Hall–Kier alpha value is -1.95.